The molecule has 0 saturated carbocycles. The van der Waals surface area contributed by atoms with Crippen LogP contribution in [-0.4, -0.2) is 48.9 Å². The molecule has 0 aromatic heterocycles. The minimum absolute atomic E-state index is 0.247. The SMILES string of the molecule is CN(C/C=C/c1ccccc1)C(=O)CCC1CCCCN1C. The number of carbonyl (C=O) groups is 1. The number of likely N-dealkylation sites (tertiary alicyclic amines) is 1. The molecule has 0 bridgehead atoms. The maximum absolute atomic E-state index is 12.2. The average molecular weight is 300 g/mol. The van der Waals surface area contributed by atoms with Gasteiger partial charge in [0.2, 0.25) is 5.91 Å². The molecule has 1 fully saturated rings. The van der Waals surface area contributed by atoms with E-state index in [2.05, 4.69) is 36.2 Å². The van der Waals surface area contributed by atoms with Gasteiger partial charge in [-0.25, -0.2) is 0 Å². The van der Waals surface area contributed by atoms with Crippen LogP contribution in [0.3, 0.4) is 0 Å². The first-order valence-corrected chi connectivity index (χ1v) is 8.32. The fraction of sp³-hybridized carbons (Fsp3) is 0.526. The van der Waals surface area contributed by atoms with Crippen LogP contribution >= 0.6 is 0 Å². The molecule has 3 nitrogen and oxygen atoms in total. The average Bonchev–Trinajstić information content (AvgIpc) is 2.54. The molecule has 22 heavy (non-hydrogen) atoms. The molecular weight excluding hydrogens is 272 g/mol. The van der Waals surface area contributed by atoms with Crippen molar-refractivity contribution in [1.82, 2.24) is 9.80 Å². The summed E-state index contributed by atoms with van der Waals surface area (Å²) in [5, 5.41) is 0. The van der Waals surface area contributed by atoms with Gasteiger partial charge in [-0.1, -0.05) is 48.9 Å². The zero-order chi connectivity index (χ0) is 15.8. The van der Waals surface area contributed by atoms with E-state index in [4.69, 9.17) is 0 Å². The molecule has 1 unspecified atom stereocenters. The number of amides is 1. The minimum Gasteiger partial charge on any atom is -0.342 e. The molecule has 1 amide bonds. The summed E-state index contributed by atoms with van der Waals surface area (Å²) in [6, 6.07) is 10.8. The number of rotatable bonds is 6. The highest BCUT2D eigenvalue weighted by Gasteiger charge is 2.20. The summed E-state index contributed by atoms with van der Waals surface area (Å²) >= 11 is 0. The fourth-order valence-electron chi connectivity index (χ4n) is 3.00. The zero-order valence-electron chi connectivity index (χ0n) is 13.9. The topological polar surface area (TPSA) is 23.6 Å². The summed E-state index contributed by atoms with van der Waals surface area (Å²) < 4.78 is 0. The van der Waals surface area contributed by atoms with Gasteiger partial charge >= 0.3 is 0 Å². The molecule has 0 aliphatic carbocycles. The van der Waals surface area contributed by atoms with Gasteiger partial charge in [0.15, 0.2) is 0 Å². The van der Waals surface area contributed by atoms with Gasteiger partial charge in [-0.2, -0.15) is 0 Å². The largest absolute Gasteiger partial charge is 0.342 e. The molecule has 1 saturated heterocycles. The van der Waals surface area contributed by atoms with Crippen LogP contribution in [0.1, 0.15) is 37.7 Å². The van der Waals surface area contributed by atoms with E-state index in [9.17, 15) is 4.79 Å². The normalized spacial score (nSPS) is 19.5. The third kappa shape index (κ3) is 5.30. The Morgan fingerprint density at radius 1 is 1.32 bits per heavy atom. The Labute approximate surface area is 134 Å². The van der Waals surface area contributed by atoms with E-state index in [1.165, 1.54) is 31.4 Å². The number of piperidine rings is 1. The molecule has 2 rings (SSSR count). The van der Waals surface area contributed by atoms with Crippen LogP contribution in [0.25, 0.3) is 6.08 Å². The van der Waals surface area contributed by atoms with Gasteiger partial charge in [0.25, 0.3) is 0 Å². The molecular formula is C19H28N2O. The number of hydrogen-bond acceptors (Lipinski definition) is 2. The quantitative estimate of drug-likeness (QED) is 0.803. The first-order valence-electron chi connectivity index (χ1n) is 8.32. The van der Waals surface area contributed by atoms with E-state index in [1.54, 1.807) is 0 Å². The molecule has 120 valence electrons. The second-order valence-electron chi connectivity index (χ2n) is 6.26. The Bertz CT molecular complexity index is 483. The number of carbonyl (C=O) groups excluding carboxylic acids is 1. The van der Waals surface area contributed by atoms with E-state index in [1.807, 2.05) is 30.1 Å². The van der Waals surface area contributed by atoms with Gasteiger partial charge in [0, 0.05) is 26.1 Å². The fourth-order valence-corrected chi connectivity index (χ4v) is 3.00. The van der Waals surface area contributed by atoms with Crippen LogP contribution in [0.15, 0.2) is 36.4 Å². The van der Waals surface area contributed by atoms with Gasteiger partial charge in [0.05, 0.1) is 0 Å². The van der Waals surface area contributed by atoms with Crippen LogP contribution in [0.2, 0.25) is 0 Å². The summed E-state index contributed by atoms with van der Waals surface area (Å²) in [5.74, 6) is 0.247. The summed E-state index contributed by atoms with van der Waals surface area (Å²) in [5.41, 5.74) is 1.17. The molecule has 1 aromatic rings. The zero-order valence-corrected chi connectivity index (χ0v) is 13.9. The van der Waals surface area contributed by atoms with Crippen molar-refractivity contribution in [3.05, 3.63) is 42.0 Å². The van der Waals surface area contributed by atoms with Crippen LogP contribution in [0.5, 0.6) is 0 Å². The number of nitrogens with zero attached hydrogens (tertiary/aromatic N) is 2. The number of benzene rings is 1. The van der Waals surface area contributed by atoms with Crippen LogP contribution in [0, 0.1) is 0 Å². The van der Waals surface area contributed by atoms with Gasteiger partial charge in [-0.05, 0) is 38.4 Å². The van der Waals surface area contributed by atoms with Crippen molar-refractivity contribution in [2.45, 2.75) is 38.1 Å². The van der Waals surface area contributed by atoms with Crippen molar-refractivity contribution >= 4 is 12.0 Å². The lowest BCUT2D eigenvalue weighted by Gasteiger charge is -2.32. The molecule has 1 atom stereocenters. The van der Waals surface area contributed by atoms with E-state index < -0.39 is 0 Å². The van der Waals surface area contributed by atoms with E-state index in [0.717, 1.165) is 6.42 Å². The Balaban J connectivity index is 1.71. The van der Waals surface area contributed by atoms with E-state index in [0.29, 0.717) is 19.0 Å². The number of hydrogen-bond donors (Lipinski definition) is 0. The second kappa shape index (κ2) is 8.74. The standard InChI is InChI=1S/C19H28N2O/c1-20-15-7-6-12-18(20)13-14-19(22)21(2)16-8-11-17-9-4-3-5-10-17/h3-5,8-11,18H,6-7,12-16H2,1-2H3/b11-8+. The lowest BCUT2D eigenvalue weighted by Crippen LogP contribution is -2.37. The van der Waals surface area contributed by atoms with Crippen molar-refractivity contribution < 1.29 is 4.79 Å². The molecule has 0 spiro atoms. The lowest BCUT2D eigenvalue weighted by atomic mass is 9.98. The third-order valence-electron chi connectivity index (χ3n) is 4.53. The number of likely N-dealkylation sites (N-methyl/N-ethyl adjacent to an activating group) is 1. The van der Waals surface area contributed by atoms with Crippen molar-refractivity contribution in [3.8, 4) is 0 Å². The van der Waals surface area contributed by atoms with Gasteiger partial charge in [0.1, 0.15) is 0 Å². The summed E-state index contributed by atoms with van der Waals surface area (Å²) in [7, 11) is 4.07. The highest BCUT2D eigenvalue weighted by atomic mass is 16.2. The first kappa shape index (κ1) is 16.8. The van der Waals surface area contributed by atoms with Crippen molar-refractivity contribution in [2.24, 2.45) is 0 Å². The van der Waals surface area contributed by atoms with Gasteiger partial charge in [-0.3, -0.25) is 4.79 Å². The van der Waals surface area contributed by atoms with Crippen molar-refractivity contribution in [2.75, 3.05) is 27.2 Å². The summed E-state index contributed by atoms with van der Waals surface area (Å²) in [6.07, 6.45) is 9.61. The molecule has 0 radical (unpaired) electrons. The Hall–Kier alpha value is -1.61. The van der Waals surface area contributed by atoms with E-state index in [-0.39, 0.29) is 5.91 Å². The van der Waals surface area contributed by atoms with E-state index >= 15 is 0 Å². The third-order valence-corrected chi connectivity index (χ3v) is 4.53. The maximum atomic E-state index is 12.2. The monoisotopic (exact) mass is 300 g/mol. The molecule has 1 aliphatic rings. The molecule has 1 heterocycles. The smallest absolute Gasteiger partial charge is 0.222 e. The summed E-state index contributed by atoms with van der Waals surface area (Å²) in [6.45, 7) is 1.85. The molecule has 1 aromatic carbocycles. The van der Waals surface area contributed by atoms with Crippen LogP contribution in [0.4, 0.5) is 0 Å². The van der Waals surface area contributed by atoms with Crippen molar-refractivity contribution in [1.29, 1.82) is 0 Å². The van der Waals surface area contributed by atoms with Crippen LogP contribution in [-0.2, 0) is 4.79 Å². The van der Waals surface area contributed by atoms with Gasteiger partial charge < -0.3 is 9.80 Å². The second-order valence-corrected chi connectivity index (χ2v) is 6.26. The lowest BCUT2D eigenvalue weighted by molar-refractivity contribution is -0.129. The first-order chi connectivity index (χ1) is 10.7. The Kier molecular flexibility index (Phi) is 6.66. The van der Waals surface area contributed by atoms with Crippen molar-refractivity contribution in [3.63, 3.8) is 0 Å². The Morgan fingerprint density at radius 3 is 2.82 bits per heavy atom. The predicted octanol–water partition coefficient (Wildman–Crippen LogP) is 3.42. The molecule has 1 aliphatic heterocycles. The maximum Gasteiger partial charge on any atom is 0.222 e. The minimum atomic E-state index is 0.247. The molecule has 0 N–H and O–H groups in total. The summed E-state index contributed by atoms with van der Waals surface area (Å²) in [4.78, 5) is 16.4. The Morgan fingerprint density at radius 2 is 2.09 bits per heavy atom. The highest BCUT2D eigenvalue weighted by molar-refractivity contribution is 5.76. The molecule has 3 heteroatoms. The van der Waals surface area contributed by atoms with Gasteiger partial charge in [-0.15, -0.1) is 0 Å². The highest BCUT2D eigenvalue weighted by Crippen LogP contribution is 2.19. The predicted molar refractivity (Wildman–Crippen MR) is 92.6 cm³/mol. The van der Waals surface area contributed by atoms with Crippen LogP contribution < -0.4 is 0 Å².